The molecule has 0 unspecified atom stereocenters. The Hall–Kier alpha value is -3.48. The molecular formula is C21H18FN5O. The molecule has 3 heterocycles. The van der Waals surface area contributed by atoms with Gasteiger partial charge in [0, 0.05) is 41.5 Å². The second kappa shape index (κ2) is 6.02. The second-order valence-electron chi connectivity index (χ2n) is 7.17. The zero-order valence-electron chi connectivity index (χ0n) is 15.3. The number of amides is 1. The summed E-state index contributed by atoms with van der Waals surface area (Å²) in [5.74, 6) is -0.359. The number of primary amides is 1. The van der Waals surface area contributed by atoms with Gasteiger partial charge in [-0.3, -0.25) is 13.9 Å². The average molecular weight is 375 g/mol. The lowest BCUT2D eigenvalue weighted by Crippen LogP contribution is -2.13. The number of benzene rings is 1. The van der Waals surface area contributed by atoms with Crippen molar-refractivity contribution in [3.05, 3.63) is 66.0 Å². The van der Waals surface area contributed by atoms with Crippen molar-refractivity contribution in [1.29, 1.82) is 0 Å². The number of carbonyl (C=O) groups excluding carboxylic acids is 1. The van der Waals surface area contributed by atoms with Crippen molar-refractivity contribution in [3.63, 3.8) is 0 Å². The number of aryl methyl sites for hydroxylation is 1. The monoisotopic (exact) mass is 375 g/mol. The maximum atomic E-state index is 13.4. The molecule has 1 amide bonds. The molecule has 0 bridgehead atoms. The van der Waals surface area contributed by atoms with Crippen LogP contribution in [0.3, 0.4) is 0 Å². The van der Waals surface area contributed by atoms with Crippen LogP contribution < -0.4 is 5.73 Å². The van der Waals surface area contributed by atoms with Crippen molar-refractivity contribution >= 4 is 11.6 Å². The number of nitrogens with two attached hydrogens (primary N) is 1. The molecule has 2 N–H and O–H groups in total. The molecule has 0 aliphatic heterocycles. The highest BCUT2D eigenvalue weighted by Gasteiger charge is 2.32. The third kappa shape index (κ3) is 2.58. The van der Waals surface area contributed by atoms with Crippen molar-refractivity contribution in [2.45, 2.75) is 18.8 Å². The van der Waals surface area contributed by atoms with Crippen LogP contribution in [-0.2, 0) is 7.05 Å². The lowest BCUT2D eigenvalue weighted by atomic mass is 9.98. The van der Waals surface area contributed by atoms with E-state index in [2.05, 4.69) is 4.98 Å². The molecule has 1 aliphatic carbocycles. The number of imidazole rings is 1. The molecule has 5 rings (SSSR count). The van der Waals surface area contributed by atoms with E-state index in [1.165, 1.54) is 18.3 Å². The van der Waals surface area contributed by atoms with Crippen LogP contribution in [0.15, 0.2) is 48.8 Å². The van der Waals surface area contributed by atoms with Crippen LogP contribution in [0.25, 0.3) is 28.0 Å². The molecule has 1 aliphatic rings. The molecule has 28 heavy (non-hydrogen) atoms. The summed E-state index contributed by atoms with van der Waals surface area (Å²) in [5.41, 5.74) is 11.2. The number of fused-ring (bicyclic) bond motifs is 1. The summed E-state index contributed by atoms with van der Waals surface area (Å²) >= 11 is 0. The van der Waals surface area contributed by atoms with Gasteiger partial charge < -0.3 is 5.73 Å². The van der Waals surface area contributed by atoms with Gasteiger partial charge in [-0.25, -0.2) is 9.37 Å². The summed E-state index contributed by atoms with van der Waals surface area (Å²) in [4.78, 5) is 16.0. The summed E-state index contributed by atoms with van der Waals surface area (Å²) in [6, 6.07) is 10.2. The minimum atomic E-state index is -0.531. The first-order valence-corrected chi connectivity index (χ1v) is 9.13. The molecule has 0 atom stereocenters. The number of hydrogen-bond acceptors (Lipinski definition) is 3. The Balaban J connectivity index is 1.76. The molecule has 7 heteroatoms. The summed E-state index contributed by atoms with van der Waals surface area (Å²) in [6.07, 6.45) is 5.59. The van der Waals surface area contributed by atoms with Gasteiger partial charge in [-0.1, -0.05) is 0 Å². The smallest absolute Gasteiger partial charge is 0.267 e. The molecule has 1 saturated carbocycles. The van der Waals surface area contributed by atoms with Crippen LogP contribution in [-0.4, -0.2) is 25.1 Å². The molecular weight excluding hydrogens is 357 g/mol. The number of nitrogens with zero attached hydrogens (tertiary/aromatic N) is 4. The maximum absolute atomic E-state index is 13.4. The first-order chi connectivity index (χ1) is 13.5. The van der Waals surface area contributed by atoms with Crippen molar-refractivity contribution in [2.75, 3.05) is 0 Å². The standard InChI is InChI=1S/C21H18FN5O/c1-26-20(13-2-3-13)18(19(25-26)12-4-7-15(22)8-5-12)14-6-9-17-24-10-16(21(23)28)27(17)11-14/h4-11,13H,2-3H2,1H3,(H2,23,28). The van der Waals surface area contributed by atoms with E-state index in [4.69, 9.17) is 10.8 Å². The van der Waals surface area contributed by atoms with E-state index in [1.54, 1.807) is 16.5 Å². The molecule has 6 nitrogen and oxygen atoms in total. The molecule has 0 spiro atoms. The molecule has 3 aromatic heterocycles. The molecule has 4 aromatic rings. The lowest BCUT2D eigenvalue weighted by Gasteiger charge is -2.09. The number of hydrogen-bond donors (Lipinski definition) is 1. The Morgan fingerprint density at radius 3 is 2.54 bits per heavy atom. The predicted octanol–water partition coefficient (Wildman–Crippen LogP) is 3.52. The third-order valence-corrected chi connectivity index (χ3v) is 5.22. The summed E-state index contributed by atoms with van der Waals surface area (Å²) < 4.78 is 17.0. The van der Waals surface area contributed by atoms with Gasteiger partial charge in [0.15, 0.2) is 0 Å². The molecule has 0 radical (unpaired) electrons. The number of pyridine rings is 1. The maximum Gasteiger partial charge on any atom is 0.267 e. The summed E-state index contributed by atoms with van der Waals surface area (Å²) in [5, 5.41) is 4.75. The van der Waals surface area contributed by atoms with E-state index in [0.29, 0.717) is 17.3 Å². The zero-order valence-corrected chi connectivity index (χ0v) is 15.3. The van der Waals surface area contributed by atoms with Crippen LogP contribution >= 0.6 is 0 Å². The number of halogens is 1. The van der Waals surface area contributed by atoms with Crippen LogP contribution in [0.1, 0.15) is 34.9 Å². The van der Waals surface area contributed by atoms with Crippen molar-refractivity contribution in [2.24, 2.45) is 12.8 Å². The van der Waals surface area contributed by atoms with Gasteiger partial charge in [-0.15, -0.1) is 0 Å². The average Bonchev–Trinajstić information content (AvgIpc) is 3.32. The van der Waals surface area contributed by atoms with E-state index in [-0.39, 0.29) is 5.82 Å². The SMILES string of the molecule is Cn1nc(-c2ccc(F)cc2)c(-c2ccc3ncc(C(N)=O)n3c2)c1C1CC1. The topological polar surface area (TPSA) is 78.2 Å². The van der Waals surface area contributed by atoms with Gasteiger partial charge in [-0.2, -0.15) is 5.10 Å². The highest BCUT2D eigenvalue weighted by Crippen LogP contribution is 2.47. The molecule has 1 fully saturated rings. The van der Waals surface area contributed by atoms with E-state index in [0.717, 1.165) is 40.9 Å². The zero-order chi connectivity index (χ0) is 19.4. The Labute approximate surface area is 160 Å². The van der Waals surface area contributed by atoms with E-state index < -0.39 is 5.91 Å². The Bertz CT molecular complexity index is 1220. The fourth-order valence-electron chi connectivity index (χ4n) is 3.77. The summed E-state index contributed by atoms with van der Waals surface area (Å²) in [6.45, 7) is 0. The van der Waals surface area contributed by atoms with Crippen molar-refractivity contribution in [1.82, 2.24) is 19.2 Å². The van der Waals surface area contributed by atoms with E-state index >= 15 is 0 Å². The molecule has 140 valence electrons. The molecule has 1 aromatic carbocycles. The van der Waals surface area contributed by atoms with Crippen LogP contribution in [0.2, 0.25) is 0 Å². The van der Waals surface area contributed by atoms with Crippen molar-refractivity contribution in [3.8, 4) is 22.4 Å². The summed E-state index contributed by atoms with van der Waals surface area (Å²) in [7, 11) is 1.94. The van der Waals surface area contributed by atoms with Crippen LogP contribution in [0.5, 0.6) is 0 Å². The van der Waals surface area contributed by atoms with Gasteiger partial charge >= 0.3 is 0 Å². The van der Waals surface area contributed by atoms with Gasteiger partial charge in [0.1, 0.15) is 22.9 Å². The fraction of sp³-hybridized carbons (Fsp3) is 0.190. The largest absolute Gasteiger partial charge is 0.364 e. The number of aromatic nitrogens is 4. The quantitative estimate of drug-likeness (QED) is 0.593. The number of rotatable bonds is 4. The number of carbonyl (C=O) groups is 1. The fourth-order valence-corrected chi connectivity index (χ4v) is 3.77. The van der Waals surface area contributed by atoms with E-state index in [9.17, 15) is 9.18 Å². The van der Waals surface area contributed by atoms with E-state index in [1.807, 2.05) is 30.1 Å². The second-order valence-corrected chi connectivity index (χ2v) is 7.17. The first kappa shape index (κ1) is 16.7. The van der Waals surface area contributed by atoms with Gasteiger partial charge in [0.05, 0.1) is 6.20 Å². The minimum Gasteiger partial charge on any atom is -0.364 e. The van der Waals surface area contributed by atoms with Crippen LogP contribution in [0, 0.1) is 5.82 Å². The van der Waals surface area contributed by atoms with Crippen molar-refractivity contribution < 1.29 is 9.18 Å². The first-order valence-electron chi connectivity index (χ1n) is 9.13. The van der Waals surface area contributed by atoms with Gasteiger partial charge in [0.2, 0.25) is 0 Å². The Morgan fingerprint density at radius 1 is 1.14 bits per heavy atom. The van der Waals surface area contributed by atoms with Gasteiger partial charge in [0.25, 0.3) is 5.91 Å². The predicted molar refractivity (Wildman–Crippen MR) is 103 cm³/mol. The highest BCUT2D eigenvalue weighted by molar-refractivity contribution is 5.92. The normalized spacial score (nSPS) is 13.9. The van der Waals surface area contributed by atoms with Gasteiger partial charge in [-0.05, 0) is 49.2 Å². The Morgan fingerprint density at radius 2 is 1.86 bits per heavy atom. The van der Waals surface area contributed by atoms with Crippen LogP contribution in [0.4, 0.5) is 4.39 Å². The highest BCUT2D eigenvalue weighted by atomic mass is 19.1. The third-order valence-electron chi connectivity index (χ3n) is 5.22. The lowest BCUT2D eigenvalue weighted by molar-refractivity contribution is 0.0995. The molecule has 0 saturated heterocycles. The Kier molecular flexibility index (Phi) is 3.58. The minimum absolute atomic E-state index is 0.283.